The molecule has 0 saturated heterocycles. The minimum atomic E-state index is -0.457. The van der Waals surface area contributed by atoms with Crippen molar-refractivity contribution in [1.82, 2.24) is 0 Å². The van der Waals surface area contributed by atoms with Crippen molar-refractivity contribution in [3.63, 3.8) is 0 Å². The van der Waals surface area contributed by atoms with Crippen LogP contribution in [0.2, 0.25) is 0 Å². The number of hydrogen-bond donors (Lipinski definition) is 0. The molecule has 2 aliphatic carbocycles. The first-order chi connectivity index (χ1) is 33.0. The van der Waals surface area contributed by atoms with Gasteiger partial charge < -0.3 is 14.4 Å². The molecule has 0 amide bonds. The van der Waals surface area contributed by atoms with E-state index in [2.05, 4.69) is 249 Å². The van der Waals surface area contributed by atoms with Gasteiger partial charge in [0.05, 0.1) is 5.41 Å². The third-order valence-corrected chi connectivity index (χ3v) is 14.4. The molecule has 3 nitrogen and oxygen atoms in total. The van der Waals surface area contributed by atoms with Crippen LogP contribution >= 0.6 is 0 Å². The van der Waals surface area contributed by atoms with Crippen LogP contribution in [0.5, 0.6) is 23.0 Å². The summed E-state index contributed by atoms with van der Waals surface area (Å²) in [4.78, 5) is 2.33. The SMILES string of the molecule is CC1(C)c2ccccc2-c2cc3c(cc21)Oc1cccc(-c2cccc(N(c4ccccc4)c4ccc(-c5ccc6c(c5)C(c5ccccc5)(c5ccccc5)c5ccccc5-6)cc4)c2)c1O3. The van der Waals surface area contributed by atoms with E-state index < -0.39 is 5.41 Å². The maximum atomic E-state index is 6.87. The first-order valence-corrected chi connectivity index (χ1v) is 23.2. The molecule has 0 fully saturated rings. The van der Waals surface area contributed by atoms with Gasteiger partial charge in [-0.15, -0.1) is 0 Å². The number of benzene rings is 10. The average molecular weight is 860 g/mol. The monoisotopic (exact) mass is 859 g/mol. The summed E-state index contributed by atoms with van der Waals surface area (Å²) in [6, 6.07) is 85.5. The Morgan fingerprint density at radius 3 is 1.60 bits per heavy atom. The van der Waals surface area contributed by atoms with E-state index in [4.69, 9.17) is 9.47 Å². The van der Waals surface area contributed by atoms with Gasteiger partial charge in [-0.3, -0.25) is 0 Å². The molecular weight excluding hydrogens is 815 g/mol. The molecule has 0 radical (unpaired) electrons. The van der Waals surface area contributed by atoms with Crippen LogP contribution in [0, 0.1) is 0 Å². The lowest BCUT2D eigenvalue weighted by molar-refractivity contribution is 0.360. The Morgan fingerprint density at radius 1 is 0.313 bits per heavy atom. The zero-order valence-electron chi connectivity index (χ0n) is 37.3. The third-order valence-electron chi connectivity index (χ3n) is 14.4. The second-order valence-corrected chi connectivity index (χ2v) is 18.4. The van der Waals surface area contributed by atoms with Gasteiger partial charge in [-0.2, -0.15) is 0 Å². The molecule has 10 aromatic rings. The lowest BCUT2D eigenvalue weighted by atomic mass is 9.67. The Kier molecular flexibility index (Phi) is 8.78. The van der Waals surface area contributed by atoms with Crippen LogP contribution in [0.1, 0.15) is 47.2 Å². The number of fused-ring (bicyclic) bond motifs is 8. The molecule has 0 saturated carbocycles. The second kappa shape index (κ2) is 15.1. The minimum Gasteiger partial charge on any atom is -0.449 e. The highest BCUT2D eigenvalue weighted by Crippen LogP contribution is 2.58. The highest BCUT2D eigenvalue weighted by Gasteiger charge is 2.46. The Balaban J connectivity index is 0.873. The first-order valence-electron chi connectivity index (χ1n) is 23.2. The Bertz CT molecular complexity index is 3500. The van der Waals surface area contributed by atoms with E-state index >= 15 is 0 Å². The third kappa shape index (κ3) is 5.98. The fraction of sp³-hybridized carbons (Fsp3) is 0.0625. The molecule has 10 aromatic carbocycles. The van der Waals surface area contributed by atoms with E-state index in [1.807, 2.05) is 6.07 Å². The summed E-state index contributed by atoms with van der Waals surface area (Å²) in [5.41, 5.74) is 19.6. The smallest absolute Gasteiger partial charge is 0.177 e. The van der Waals surface area contributed by atoms with Gasteiger partial charge >= 0.3 is 0 Å². The van der Waals surface area contributed by atoms with Crippen molar-refractivity contribution in [3.8, 4) is 67.5 Å². The molecule has 13 rings (SSSR count). The van der Waals surface area contributed by atoms with Gasteiger partial charge in [-0.05, 0) is 133 Å². The lowest BCUT2D eigenvalue weighted by Gasteiger charge is -2.34. The van der Waals surface area contributed by atoms with Crippen molar-refractivity contribution >= 4 is 17.1 Å². The highest BCUT2D eigenvalue weighted by molar-refractivity contribution is 5.90. The number of nitrogens with zero attached hydrogens (tertiary/aromatic N) is 1. The molecule has 0 unspecified atom stereocenters. The second-order valence-electron chi connectivity index (χ2n) is 18.4. The van der Waals surface area contributed by atoms with E-state index in [1.54, 1.807) is 0 Å². The van der Waals surface area contributed by atoms with Crippen molar-refractivity contribution in [3.05, 3.63) is 270 Å². The van der Waals surface area contributed by atoms with Crippen LogP contribution in [0.3, 0.4) is 0 Å². The summed E-state index contributed by atoms with van der Waals surface area (Å²) in [5.74, 6) is 2.90. The fourth-order valence-corrected chi connectivity index (χ4v) is 11.3. The van der Waals surface area contributed by atoms with E-state index in [-0.39, 0.29) is 5.41 Å². The molecule has 0 atom stereocenters. The quantitative estimate of drug-likeness (QED) is 0.159. The molecule has 1 heterocycles. The molecule has 0 aromatic heterocycles. The van der Waals surface area contributed by atoms with E-state index in [9.17, 15) is 0 Å². The molecular formula is C64H45NO2. The van der Waals surface area contributed by atoms with Gasteiger partial charge in [-0.1, -0.05) is 190 Å². The predicted molar refractivity (Wildman–Crippen MR) is 273 cm³/mol. The molecule has 0 N–H and O–H groups in total. The molecule has 318 valence electrons. The van der Waals surface area contributed by atoms with Crippen LogP contribution in [0.25, 0.3) is 44.5 Å². The molecule has 67 heavy (non-hydrogen) atoms. The maximum absolute atomic E-state index is 6.87. The van der Waals surface area contributed by atoms with Gasteiger partial charge in [0.1, 0.15) is 0 Å². The van der Waals surface area contributed by atoms with Crippen LogP contribution in [0.4, 0.5) is 17.1 Å². The molecule has 1 aliphatic heterocycles. The van der Waals surface area contributed by atoms with Crippen LogP contribution in [-0.4, -0.2) is 0 Å². The summed E-state index contributed by atoms with van der Waals surface area (Å²) in [5, 5.41) is 0. The van der Waals surface area contributed by atoms with Gasteiger partial charge in [0, 0.05) is 28.0 Å². The number of hydrogen-bond acceptors (Lipinski definition) is 3. The number of rotatable bonds is 7. The largest absolute Gasteiger partial charge is 0.449 e. The Labute approximate surface area is 391 Å². The highest BCUT2D eigenvalue weighted by atomic mass is 16.6. The standard InChI is InChI=1S/C64H45NO2/c1-63(2)55-29-14-12-27-52(55)54-40-60-61(41-57(54)63)66-59-31-17-28-50(62(59)67-60)44-18-16-25-49(38-44)65(47-23-10-5-11-24-47)48-35-32-42(33-36-48)43-34-37-53-51-26-13-15-30-56(51)64(58(53)39-43,45-19-6-3-7-20-45)46-21-8-4-9-22-46/h3-41H,1-2H3. The summed E-state index contributed by atoms with van der Waals surface area (Å²) >= 11 is 0. The summed E-state index contributed by atoms with van der Waals surface area (Å²) in [7, 11) is 0. The van der Waals surface area contributed by atoms with Crippen molar-refractivity contribution in [1.29, 1.82) is 0 Å². The van der Waals surface area contributed by atoms with Crippen LogP contribution in [-0.2, 0) is 10.8 Å². The van der Waals surface area contributed by atoms with Crippen molar-refractivity contribution in [2.45, 2.75) is 24.7 Å². The van der Waals surface area contributed by atoms with Gasteiger partial charge in [-0.25, -0.2) is 0 Å². The Morgan fingerprint density at radius 2 is 0.866 bits per heavy atom. The van der Waals surface area contributed by atoms with Crippen LogP contribution in [0.15, 0.2) is 237 Å². The lowest BCUT2D eigenvalue weighted by Crippen LogP contribution is -2.28. The molecule has 0 spiro atoms. The summed E-state index contributed by atoms with van der Waals surface area (Å²) in [6.07, 6.45) is 0. The zero-order valence-corrected chi connectivity index (χ0v) is 37.3. The van der Waals surface area contributed by atoms with Gasteiger partial charge in [0.25, 0.3) is 0 Å². The summed E-state index contributed by atoms with van der Waals surface area (Å²) < 4.78 is 13.5. The predicted octanol–water partition coefficient (Wildman–Crippen LogP) is 17.1. The van der Waals surface area contributed by atoms with Crippen molar-refractivity contribution in [2.24, 2.45) is 0 Å². The molecule has 0 bridgehead atoms. The zero-order chi connectivity index (χ0) is 44.7. The Hall–Kier alpha value is -8.40. The van der Waals surface area contributed by atoms with Gasteiger partial charge in [0.2, 0.25) is 0 Å². The first kappa shape index (κ1) is 39.0. The number of ether oxygens (including phenoxy) is 2. The molecule has 3 aliphatic rings. The molecule has 3 heteroatoms. The average Bonchev–Trinajstić information content (AvgIpc) is 3.80. The maximum Gasteiger partial charge on any atom is 0.177 e. The van der Waals surface area contributed by atoms with Crippen molar-refractivity contribution in [2.75, 3.05) is 4.90 Å². The minimum absolute atomic E-state index is 0.134. The van der Waals surface area contributed by atoms with Crippen LogP contribution < -0.4 is 14.4 Å². The fourth-order valence-electron chi connectivity index (χ4n) is 11.3. The number of anilines is 3. The topological polar surface area (TPSA) is 21.7 Å². The van der Waals surface area contributed by atoms with Crippen molar-refractivity contribution < 1.29 is 9.47 Å². The van der Waals surface area contributed by atoms with E-state index in [0.717, 1.165) is 45.3 Å². The number of para-hydroxylation sites is 2. The van der Waals surface area contributed by atoms with E-state index in [1.165, 1.54) is 61.2 Å². The van der Waals surface area contributed by atoms with Gasteiger partial charge in [0.15, 0.2) is 23.0 Å². The normalized spacial score (nSPS) is 14.0. The van der Waals surface area contributed by atoms with E-state index in [0.29, 0.717) is 11.5 Å². The summed E-state index contributed by atoms with van der Waals surface area (Å²) in [6.45, 7) is 4.57.